The maximum absolute atomic E-state index is 10.7. The highest BCUT2D eigenvalue weighted by Gasteiger charge is 2.23. The lowest BCUT2D eigenvalue weighted by Gasteiger charge is -2.08. The first kappa shape index (κ1) is 8.07. The van der Waals surface area contributed by atoms with Crippen LogP contribution in [-0.2, 0) is 14.3 Å². The van der Waals surface area contributed by atoms with Gasteiger partial charge in [0.25, 0.3) is 0 Å². The van der Waals surface area contributed by atoms with Crippen molar-refractivity contribution in [3.8, 4) is 0 Å². The molecule has 1 aliphatic rings. The Labute approximate surface area is 64.4 Å². The number of esters is 1. The van der Waals surface area contributed by atoms with Crippen LogP contribution in [0.1, 0.15) is 6.42 Å². The Morgan fingerprint density at radius 2 is 2.64 bits per heavy atom. The Balaban J connectivity index is 2.52. The molecule has 1 rings (SSSR count). The normalized spacial score (nSPS) is 18.5. The van der Waals surface area contributed by atoms with Gasteiger partial charge in [-0.05, 0) is 6.08 Å². The summed E-state index contributed by atoms with van der Waals surface area (Å²) in [5.74, 6) is -0.380. The fraction of sp³-hybridized carbons (Fsp3) is 0.571. The summed E-state index contributed by atoms with van der Waals surface area (Å²) < 4.78 is 9.26. The zero-order valence-corrected chi connectivity index (χ0v) is 6.24. The summed E-state index contributed by atoms with van der Waals surface area (Å²) in [6.45, 7) is 0.531. The number of aliphatic hydroxyl groups is 1. The number of aliphatic hydroxyl groups excluding tert-OH is 1. The van der Waals surface area contributed by atoms with Gasteiger partial charge in [0.2, 0.25) is 6.10 Å². The Kier molecular flexibility index (Phi) is 2.48. The van der Waals surface area contributed by atoms with Crippen LogP contribution >= 0.6 is 0 Å². The molecule has 0 fully saturated rings. The second-order valence-electron chi connectivity index (χ2n) is 2.17. The molecule has 0 amide bonds. The smallest absolute Gasteiger partial charge is 0.342 e. The van der Waals surface area contributed by atoms with Gasteiger partial charge in [0.1, 0.15) is 5.76 Å². The van der Waals surface area contributed by atoms with Crippen molar-refractivity contribution < 1.29 is 19.4 Å². The maximum atomic E-state index is 10.7. The van der Waals surface area contributed by atoms with Gasteiger partial charge in [-0.1, -0.05) is 0 Å². The first-order valence-corrected chi connectivity index (χ1v) is 3.34. The summed E-state index contributed by atoms with van der Waals surface area (Å²) in [4.78, 5) is 10.7. The number of hydrogen-bond acceptors (Lipinski definition) is 4. The molecule has 0 aromatic rings. The minimum absolute atomic E-state index is 0.303. The van der Waals surface area contributed by atoms with Crippen molar-refractivity contribution >= 4 is 5.97 Å². The molecule has 1 N–H and O–H groups in total. The summed E-state index contributed by atoms with van der Waals surface area (Å²) in [5, 5.41) is 9.15. The van der Waals surface area contributed by atoms with E-state index in [1.165, 1.54) is 7.11 Å². The number of rotatable bonds is 2. The summed E-state index contributed by atoms with van der Waals surface area (Å²) in [6.07, 6.45) is 1.17. The molecule has 0 saturated carbocycles. The number of carbonyl (C=O) groups excluding carboxylic acids is 1. The van der Waals surface area contributed by atoms with Crippen molar-refractivity contribution in [3.05, 3.63) is 11.8 Å². The maximum Gasteiger partial charge on any atom is 0.342 e. The highest BCUT2D eigenvalue weighted by atomic mass is 16.5. The quantitative estimate of drug-likeness (QED) is 0.566. The third-order valence-corrected chi connectivity index (χ3v) is 1.43. The van der Waals surface area contributed by atoms with E-state index >= 15 is 0 Å². The molecule has 0 aromatic carbocycles. The second kappa shape index (κ2) is 3.39. The zero-order chi connectivity index (χ0) is 8.27. The monoisotopic (exact) mass is 158 g/mol. The summed E-state index contributed by atoms with van der Waals surface area (Å²) in [6, 6.07) is 0. The molecule has 1 heterocycles. The lowest BCUT2D eigenvalue weighted by molar-refractivity contribution is -0.149. The Bertz CT molecular complexity index is 185. The van der Waals surface area contributed by atoms with E-state index in [-0.39, 0.29) is 0 Å². The van der Waals surface area contributed by atoms with E-state index in [1.807, 2.05) is 0 Å². The van der Waals surface area contributed by atoms with Crippen LogP contribution in [-0.4, -0.2) is 30.9 Å². The van der Waals surface area contributed by atoms with Crippen LogP contribution in [0.4, 0.5) is 0 Å². The molecular formula is C7H10O4. The molecule has 1 atom stereocenters. The summed E-state index contributed by atoms with van der Waals surface area (Å²) in [5.41, 5.74) is 0. The van der Waals surface area contributed by atoms with Crippen molar-refractivity contribution in [2.45, 2.75) is 12.5 Å². The summed E-state index contributed by atoms with van der Waals surface area (Å²) >= 11 is 0. The Morgan fingerprint density at radius 3 is 3.09 bits per heavy atom. The first-order chi connectivity index (χ1) is 5.25. The van der Waals surface area contributed by atoms with Crippen molar-refractivity contribution in [2.24, 2.45) is 0 Å². The van der Waals surface area contributed by atoms with Crippen LogP contribution in [0.2, 0.25) is 0 Å². The highest BCUT2D eigenvalue weighted by molar-refractivity contribution is 5.77. The van der Waals surface area contributed by atoms with E-state index in [2.05, 4.69) is 4.74 Å². The van der Waals surface area contributed by atoms with Gasteiger partial charge in [-0.3, -0.25) is 0 Å². The molecule has 1 aliphatic heterocycles. The van der Waals surface area contributed by atoms with Crippen LogP contribution in [0.5, 0.6) is 0 Å². The number of methoxy groups -OCH3 is 1. The lowest BCUT2D eigenvalue weighted by Crippen LogP contribution is -2.24. The van der Waals surface area contributed by atoms with Gasteiger partial charge < -0.3 is 14.6 Å². The highest BCUT2D eigenvalue weighted by Crippen LogP contribution is 2.13. The average molecular weight is 158 g/mol. The largest absolute Gasteiger partial charge is 0.495 e. The molecule has 4 heteroatoms. The molecule has 0 spiro atoms. The predicted octanol–water partition coefficient (Wildman–Crippen LogP) is -0.175. The molecule has 0 radical (unpaired) electrons. The van der Waals surface area contributed by atoms with E-state index in [4.69, 9.17) is 9.84 Å². The number of carbonyl (C=O) groups is 1. The molecule has 11 heavy (non-hydrogen) atoms. The Hall–Kier alpha value is -1.03. The Morgan fingerprint density at radius 1 is 1.91 bits per heavy atom. The van der Waals surface area contributed by atoms with Gasteiger partial charge in [-0.2, -0.15) is 0 Å². The van der Waals surface area contributed by atoms with Gasteiger partial charge in [0, 0.05) is 6.42 Å². The van der Waals surface area contributed by atoms with E-state index in [1.54, 1.807) is 6.08 Å². The van der Waals surface area contributed by atoms with E-state index in [0.717, 1.165) is 6.42 Å². The molecule has 62 valence electrons. The number of hydrogen-bond donors (Lipinski definition) is 1. The van der Waals surface area contributed by atoms with Crippen molar-refractivity contribution in [3.63, 3.8) is 0 Å². The average Bonchev–Trinajstić information content (AvgIpc) is 2.53. The SMILES string of the molecule is COC(=O)C(O)C1=CCCO1. The van der Waals surface area contributed by atoms with Crippen LogP contribution in [0.15, 0.2) is 11.8 Å². The topological polar surface area (TPSA) is 55.8 Å². The molecule has 0 aliphatic carbocycles. The second-order valence-corrected chi connectivity index (χ2v) is 2.17. The fourth-order valence-electron chi connectivity index (χ4n) is 0.855. The van der Waals surface area contributed by atoms with Crippen LogP contribution in [0, 0.1) is 0 Å². The van der Waals surface area contributed by atoms with Gasteiger partial charge in [-0.15, -0.1) is 0 Å². The third kappa shape index (κ3) is 1.71. The zero-order valence-electron chi connectivity index (χ0n) is 6.24. The van der Waals surface area contributed by atoms with Crippen LogP contribution in [0.25, 0.3) is 0 Å². The van der Waals surface area contributed by atoms with Crippen LogP contribution in [0.3, 0.4) is 0 Å². The summed E-state index contributed by atoms with van der Waals surface area (Å²) in [7, 11) is 1.22. The minimum atomic E-state index is -1.25. The number of ether oxygens (including phenoxy) is 2. The van der Waals surface area contributed by atoms with E-state index in [9.17, 15) is 4.79 Å². The van der Waals surface area contributed by atoms with Gasteiger partial charge >= 0.3 is 5.97 Å². The van der Waals surface area contributed by atoms with Gasteiger partial charge in [0.05, 0.1) is 13.7 Å². The molecule has 1 unspecified atom stereocenters. The predicted molar refractivity (Wildman–Crippen MR) is 36.7 cm³/mol. The first-order valence-electron chi connectivity index (χ1n) is 3.34. The molecule has 0 aromatic heterocycles. The molecular weight excluding hydrogens is 148 g/mol. The fourth-order valence-corrected chi connectivity index (χ4v) is 0.855. The van der Waals surface area contributed by atoms with E-state index < -0.39 is 12.1 Å². The van der Waals surface area contributed by atoms with Crippen molar-refractivity contribution in [1.82, 2.24) is 0 Å². The van der Waals surface area contributed by atoms with Gasteiger partial charge in [0.15, 0.2) is 0 Å². The van der Waals surface area contributed by atoms with E-state index in [0.29, 0.717) is 12.4 Å². The van der Waals surface area contributed by atoms with Crippen LogP contribution < -0.4 is 0 Å². The van der Waals surface area contributed by atoms with Crippen molar-refractivity contribution in [2.75, 3.05) is 13.7 Å². The molecule has 0 saturated heterocycles. The lowest BCUT2D eigenvalue weighted by atomic mass is 10.3. The molecule has 4 nitrogen and oxygen atoms in total. The molecule has 0 bridgehead atoms. The van der Waals surface area contributed by atoms with Crippen molar-refractivity contribution in [1.29, 1.82) is 0 Å². The third-order valence-electron chi connectivity index (χ3n) is 1.43. The minimum Gasteiger partial charge on any atom is -0.495 e. The standard InChI is InChI=1S/C7H10O4/c1-10-7(9)6(8)5-3-2-4-11-5/h3,6,8H,2,4H2,1H3. The van der Waals surface area contributed by atoms with Gasteiger partial charge in [-0.25, -0.2) is 4.79 Å².